The standard InChI is InChI=1S/C13H17NO2/c1-13(2,3)10-7-11(15-4)9(8-14)6-12(10)16-5/h6-7H,1-5H3. The van der Waals surface area contributed by atoms with Crippen molar-refractivity contribution in [1.82, 2.24) is 0 Å². The Hall–Kier alpha value is -1.69. The zero-order valence-electron chi connectivity index (χ0n) is 10.4. The van der Waals surface area contributed by atoms with Crippen LogP contribution in [0.1, 0.15) is 31.9 Å². The van der Waals surface area contributed by atoms with Crippen LogP contribution in [0.2, 0.25) is 0 Å². The van der Waals surface area contributed by atoms with Crippen LogP contribution in [0.4, 0.5) is 0 Å². The maximum absolute atomic E-state index is 8.98. The second-order valence-corrected chi connectivity index (χ2v) is 4.61. The van der Waals surface area contributed by atoms with Crippen molar-refractivity contribution in [3.63, 3.8) is 0 Å². The van der Waals surface area contributed by atoms with Crippen LogP contribution in [0.3, 0.4) is 0 Å². The van der Waals surface area contributed by atoms with Crippen molar-refractivity contribution < 1.29 is 9.47 Å². The number of hydrogen-bond acceptors (Lipinski definition) is 3. The molecule has 1 rings (SSSR count). The summed E-state index contributed by atoms with van der Waals surface area (Å²) < 4.78 is 10.5. The van der Waals surface area contributed by atoms with E-state index in [1.54, 1.807) is 20.3 Å². The van der Waals surface area contributed by atoms with Crippen LogP contribution in [-0.2, 0) is 5.41 Å². The number of methoxy groups -OCH3 is 2. The third-order valence-corrected chi connectivity index (χ3v) is 2.45. The van der Waals surface area contributed by atoms with E-state index in [1.165, 1.54) is 0 Å². The zero-order chi connectivity index (χ0) is 12.3. The van der Waals surface area contributed by atoms with Gasteiger partial charge in [-0.15, -0.1) is 0 Å². The molecule has 0 saturated heterocycles. The van der Waals surface area contributed by atoms with E-state index in [0.717, 1.165) is 11.3 Å². The van der Waals surface area contributed by atoms with E-state index in [2.05, 4.69) is 26.8 Å². The number of nitriles is 1. The van der Waals surface area contributed by atoms with Crippen molar-refractivity contribution >= 4 is 0 Å². The topological polar surface area (TPSA) is 42.2 Å². The average molecular weight is 219 g/mol. The van der Waals surface area contributed by atoms with Gasteiger partial charge in [0.05, 0.1) is 19.8 Å². The first kappa shape index (κ1) is 12.4. The van der Waals surface area contributed by atoms with E-state index in [4.69, 9.17) is 14.7 Å². The van der Waals surface area contributed by atoms with Crippen molar-refractivity contribution in [3.05, 3.63) is 23.3 Å². The van der Waals surface area contributed by atoms with Gasteiger partial charge in [0.1, 0.15) is 17.6 Å². The lowest BCUT2D eigenvalue weighted by atomic mass is 9.85. The smallest absolute Gasteiger partial charge is 0.137 e. The van der Waals surface area contributed by atoms with Crippen molar-refractivity contribution in [3.8, 4) is 17.6 Å². The molecule has 0 bridgehead atoms. The van der Waals surface area contributed by atoms with Gasteiger partial charge in [0.2, 0.25) is 0 Å². The predicted molar refractivity (Wildman–Crippen MR) is 63.0 cm³/mol. The molecule has 0 aliphatic rings. The minimum absolute atomic E-state index is 0.0490. The summed E-state index contributed by atoms with van der Waals surface area (Å²) in [6, 6.07) is 5.69. The summed E-state index contributed by atoms with van der Waals surface area (Å²) in [6.07, 6.45) is 0. The number of benzene rings is 1. The monoisotopic (exact) mass is 219 g/mol. The molecule has 0 heterocycles. The second-order valence-electron chi connectivity index (χ2n) is 4.61. The normalized spacial score (nSPS) is 10.8. The highest BCUT2D eigenvalue weighted by atomic mass is 16.5. The first-order chi connectivity index (χ1) is 7.43. The fraction of sp³-hybridized carbons (Fsp3) is 0.462. The van der Waals surface area contributed by atoms with Crippen LogP contribution in [0, 0.1) is 11.3 Å². The van der Waals surface area contributed by atoms with Gasteiger partial charge in [0.15, 0.2) is 0 Å². The minimum atomic E-state index is -0.0490. The number of hydrogen-bond donors (Lipinski definition) is 0. The van der Waals surface area contributed by atoms with Crippen LogP contribution in [0.15, 0.2) is 12.1 Å². The van der Waals surface area contributed by atoms with E-state index >= 15 is 0 Å². The Balaban J connectivity index is 3.45. The Morgan fingerprint density at radius 3 is 2.00 bits per heavy atom. The molecule has 3 nitrogen and oxygen atoms in total. The molecule has 3 heteroatoms. The molecule has 0 unspecified atom stereocenters. The summed E-state index contributed by atoms with van der Waals surface area (Å²) in [6.45, 7) is 6.28. The van der Waals surface area contributed by atoms with Gasteiger partial charge in [-0.25, -0.2) is 0 Å². The van der Waals surface area contributed by atoms with Crippen molar-refractivity contribution in [2.45, 2.75) is 26.2 Å². The number of rotatable bonds is 2. The molecule has 16 heavy (non-hydrogen) atoms. The first-order valence-corrected chi connectivity index (χ1v) is 5.10. The van der Waals surface area contributed by atoms with Gasteiger partial charge >= 0.3 is 0 Å². The fourth-order valence-corrected chi connectivity index (χ4v) is 1.57. The summed E-state index contributed by atoms with van der Waals surface area (Å²) in [5.74, 6) is 1.32. The Morgan fingerprint density at radius 1 is 1.06 bits per heavy atom. The lowest BCUT2D eigenvalue weighted by Gasteiger charge is -2.23. The number of ether oxygens (including phenoxy) is 2. The molecule has 0 saturated carbocycles. The van der Waals surface area contributed by atoms with Crippen molar-refractivity contribution in [1.29, 1.82) is 5.26 Å². The highest BCUT2D eigenvalue weighted by Crippen LogP contribution is 2.36. The second kappa shape index (κ2) is 4.44. The molecule has 0 N–H and O–H groups in total. The lowest BCUT2D eigenvalue weighted by Crippen LogP contribution is -2.13. The van der Waals surface area contributed by atoms with E-state index in [9.17, 15) is 0 Å². The van der Waals surface area contributed by atoms with Gasteiger partial charge in [-0.1, -0.05) is 20.8 Å². The molecule has 1 aromatic carbocycles. The van der Waals surface area contributed by atoms with Gasteiger partial charge in [0.25, 0.3) is 0 Å². The van der Waals surface area contributed by atoms with Crippen LogP contribution >= 0.6 is 0 Å². The third kappa shape index (κ3) is 2.27. The molecule has 0 radical (unpaired) electrons. The highest BCUT2D eigenvalue weighted by molar-refractivity contribution is 5.53. The summed E-state index contributed by atoms with van der Waals surface area (Å²) in [5.41, 5.74) is 1.48. The Morgan fingerprint density at radius 2 is 1.62 bits per heavy atom. The molecule has 0 aromatic heterocycles. The summed E-state index contributed by atoms with van der Waals surface area (Å²) in [5, 5.41) is 8.98. The van der Waals surface area contributed by atoms with E-state index < -0.39 is 0 Å². The van der Waals surface area contributed by atoms with Crippen LogP contribution in [-0.4, -0.2) is 14.2 Å². The SMILES string of the molecule is COc1cc(C(C)(C)C)c(OC)cc1C#N. The molecule has 0 fully saturated rings. The fourth-order valence-electron chi connectivity index (χ4n) is 1.57. The van der Waals surface area contributed by atoms with Crippen molar-refractivity contribution in [2.75, 3.05) is 14.2 Å². The average Bonchev–Trinajstić information content (AvgIpc) is 2.25. The van der Waals surface area contributed by atoms with Crippen LogP contribution in [0.25, 0.3) is 0 Å². The van der Waals surface area contributed by atoms with Crippen molar-refractivity contribution in [2.24, 2.45) is 0 Å². The number of nitrogens with zero attached hydrogens (tertiary/aromatic N) is 1. The lowest BCUT2D eigenvalue weighted by molar-refractivity contribution is 0.387. The van der Waals surface area contributed by atoms with Crippen LogP contribution < -0.4 is 9.47 Å². The minimum Gasteiger partial charge on any atom is -0.496 e. The largest absolute Gasteiger partial charge is 0.496 e. The Labute approximate surface area is 96.6 Å². The summed E-state index contributed by atoms with van der Waals surface area (Å²) in [7, 11) is 3.17. The van der Waals surface area contributed by atoms with Gasteiger partial charge in [-0.3, -0.25) is 0 Å². The molecule has 0 spiro atoms. The quantitative estimate of drug-likeness (QED) is 0.768. The first-order valence-electron chi connectivity index (χ1n) is 5.10. The Kier molecular flexibility index (Phi) is 3.44. The van der Waals surface area contributed by atoms with E-state index in [0.29, 0.717) is 11.3 Å². The molecule has 0 amide bonds. The van der Waals surface area contributed by atoms with Gasteiger partial charge < -0.3 is 9.47 Å². The van der Waals surface area contributed by atoms with Crippen LogP contribution in [0.5, 0.6) is 11.5 Å². The Bertz CT molecular complexity index is 425. The van der Waals surface area contributed by atoms with E-state index in [-0.39, 0.29) is 5.41 Å². The molecule has 0 atom stereocenters. The molecular formula is C13H17NO2. The van der Waals surface area contributed by atoms with Gasteiger partial charge in [0, 0.05) is 11.6 Å². The third-order valence-electron chi connectivity index (χ3n) is 2.45. The molecule has 1 aromatic rings. The predicted octanol–water partition coefficient (Wildman–Crippen LogP) is 2.87. The van der Waals surface area contributed by atoms with E-state index in [1.807, 2.05) is 6.07 Å². The highest BCUT2D eigenvalue weighted by Gasteiger charge is 2.21. The molecular weight excluding hydrogens is 202 g/mol. The molecule has 0 aliphatic carbocycles. The summed E-state index contributed by atoms with van der Waals surface area (Å²) >= 11 is 0. The van der Waals surface area contributed by atoms with Gasteiger partial charge in [-0.05, 0) is 11.5 Å². The maximum atomic E-state index is 8.98. The molecule has 0 aliphatic heterocycles. The van der Waals surface area contributed by atoms with Gasteiger partial charge in [-0.2, -0.15) is 5.26 Å². The molecule has 86 valence electrons. The summed E-state index contributed by atoms with van der Waals surface area (Å²) in [4.78, 5) is 0. The maximum Gasteiger partial charge on any atom is 0.137 e. The zero-order valence-corrected chi connectivity index (χ0v) is 10.4.